The van der Waals surface area contributed by atoms with Gasteiger partial charge < -0.3 is 14.5 Å². The first-order valence-corrected chi connectivity index (χ1v) is 9.59. The fourth-order valence-corrected chi connectivity index (χ4v) is 4.73. The Labute approximate surface area is 137 Å². The van der Waals surface area contributed by atoms with E-state index in [-0.39, 0.29) is 0 Å². The van der Waals surface area contributed by atoms with Crippen LogP contribution in [-0.2, 0) is 4.74 Å². The minimum absolute atomic E-state index is 0.570. The molecule has 3 fully saturated rings. The minimum Gasteiger partial charge on any atom is -0.381 e. The Balaban J connectivity index is 1.34. The highest BCUT2D eigenvalue weighted by atomic mass is 16.5. The van der Waals surface area contributed by atoms with Crippen molar-refractivity contribution in [2.45, 2.75) is 70.9 Å². The van der Waals surface area contributed by atoms with E-state index in [9.17, 15) is 0 Å². The van der Waals surface area contributed by atoms with Crippen LogP contribution in [0.15, 0.2) is 0 Å². The van der Waals surface area contributed by atoms with Crippen LogP contribution in [0.25, 0.3) is 0 Å². The molecule has 2 saturated heterocycles. The zero-order chi connectivity index (χ0) is 15.6. The number of piperidine rings is 2. The zero-order valence-corrected chi connectivity index (χ0v) is 15.0. The largest absolute Gasteiger partial charge is 0.381 e. The van der Waals surface area contributed by atoms with Crippen LogP contribution in [0.3, 0.4) is 0 Å². The monoisotopic (exact) mass is 308 g/mol. The van der Waals surface area contributed by atoms with Gasteiger partial charge in [-0.15, -0.1) is 0 Å². The van der Waals surface area contributed by atoms with E-state index in [0.717, 1.165) is 12.0 Å². The molecule has 0 atom stereocenters. The Bertz CT molecular complexity index is 333. The van der Waals surface area contributed by atoms with E-state index in [1.807, 2.05) is 7.11 Å². The van der Waals surface area contributed by atoms with E-state index in [1.54, 1.807) is 0 Å². The third-order valence-electron chi connectivity index (χ3n) is 6.89. The number of rotatable bonds is 5. The standard InChI is InChI=1S/C19H36N2O/c1-16(2)21-12-7-19(8-13-21)5-10-20(11-6-19)9-4-17-14-18(15-17)22-3/h16-18H,4-15H2,1-3H3. The molecule has 0 aromatic heterocycles. The lowest BCUT2D eigenvalue weighted by Gasteiger charge is -2.48. The van der Waals surface area contributed by atoms with Crippen LogP contribution in [0.4, 0.5) is 0 Å². The molecule has 1 spiro atoms. The second-order valence-electron chi connectivity index (χ2n) is 8.46. The van der Waals surface area contributed by atoms with Crippen molar-refractivity contribution in [3.05, 3.63) is 0 Å². The van der Waals surface area contributed by atoms with E-state index in [0.29, 0.717) is 11.5 Å². The Kier molecular flexibility index (Phi) is 5.47. The minimum atomic E-state index is 0.570. The fourth-order valence-electron chi connectivity index (χ4n) is 4.73. The smallest absolute Gasteiger partial charge is 0.0576 e. The van der Waals surface area contributed by atoms with Crippen molar-refractivity contribution < 1.29 is 4.74 Å². The Morgan fingerprint density at radius 2 is 1.59 bits per heavy atom. The molecular formula is C19H36N2O. The first-order chi connectivity index (χ1) is 10.6. The van der Waals surface area contributed by atoms with Crippen molar-refractivity contribution in [3.63, 3.8) is 0 Å². The number of methoxy groups -OCH3 is 1. The molecule has 0 N–H and O–H groups in total. The number of ether oxygens (including phenoxy) is 1. The van der Waals surface area contributed by atoms with Crippen molar-refractivity contribution in [1.29, 1.82) is 0 Å². The van der Waals surface area contributed by atoms with Crippen molar-refractivity contribution in [3.8, 4) is 0 Å². The molecule has 3 nitrogen and oxygen atoms in total. The molecule has 0 aromatic rings. The SMILES string of the molecule is COC1CC(CCN2CCC3(CC2)CCN(C(C)C)CC3)C1. The van der Waals surface area contributed by atoms with Gasteiger partial charge in [0.05, 0.1) is 6.10 Å². The summed E-state index contributed by atoms with van der Waals surface area (Å²) in [7, 11) is 1.86. The van der Waals surface area contributed by atoms with Gasteiger partial charge >= 0.3 is 0 Å². The van der Waals surface area contributed by atoms with Crippen LogP contribution in [0, 0.1) is 11.3 Å². The molecule has 2 aliphatic heterocycles. The average molecular weight is 309 g/mol. The van der Waals surface area contributed by atoms with Crippen LogP contribution in [0.2, 0.25) is 0 Å². The van der Waals surface area contributed by atoms with E-state index < -0.39 is 0 Å². The van der Waals surface area contributed by atoms with Crippen LogP contribution >= 0.6 is 0 Å². The molecule has 0 aromatic carbocycles. The molecular weight excluding hydrogens is 272 g/mol. The number of hydrogen-bond donors (Lipinski definition) is 0. The normalized spacial score (nSPS) is 33.3. The van der Waals surface area contributed by atoms with E-state index in [4.69, 9.17) is 4.74 Å². The lowest BCUT2D eigenvalue weighted by Crippen LogP contribution is -2.48. The molecule has 3 aliphatic rings. The second-order valence-corrected chi connectivity index (χ2v) is 8.46. The predicted octanol–water partition coefficient (Wildman–Crippen LogP) is 3.39. The van der Waals surface area contributed by atoms with Gasteiger partial charge in [-0.1, -0.05) is 0 Å². The van der Waals surface area contributed by atoms with E-state index in [2.05, 4.69) is 23.6 Å². The third-order valence-corrected chi connectivity index (χ3v) is 6.89. The number of nitrogens with zero attached hydrogens (tertiary/aromatic N) is 2. The highest BCUT2D eigenvalue weighted by Crippen LogP contribution is 2.42. The predicted molar refractivity (Wildman–Crippen MR) is 92.2 cm³/mol. The maximum atomic E-state index is 5.39. The molecule has 0 bridgehead atoms. The molecule has 0 unspecified atom stereocenters. The van der Waals surface area contributed by atoms with E-state index in [1.165, 1.54) is 77.7 Å². The van der Waals surface area contributed by atoms with Gasteiger partial charge in [-0.3, -0.25) is 0 Å². The summed E-state index contributed by atoms with van der Waals surface area (Å²) in [5.41, 5.74) is 0.694. The highest BCUT2D eigenvalue weighted by Gasteiger charge is 2.38. The molecule has 2 heterocycles. The quantitative estimate of drug-likeness (QED) is 0.774. The van der Waals surface area contributed by atoms with Gasteiger partial charge in [0, 0.05) is 13.2 Å². The van der Waals surface area contributed by atoms with Gasteiger partial charge in [0.15, 0.2) is 0 Å². The zero-order valence-electron chi connectivity index (χ0n) is 15.0. The Morgan fingerprint density at radius 3 is 2.14 bits per heavy atom. The molecule has 0 radical (unpaired) electrons. The topological polar surface area (TPSA) is 15.7 Å². The van der Waals surface area contributed by atoms with Crippen molar-refractivity contribution in [1.82, 2.24) is 9.80 Å². The van der Waals surface area contributed by atoms with Gasteiger partial charge in [0.25, 0.3) is 0 Å². The van der Waals surface area contributed by atoms with Crippen LogP contribution in [0.5, 0.6) is 0 Å². The Hall–Kier alpha value is -0.120. The van der Waals surface area contributed by atoms with Gasteiger partial charge in [-0.2, -0.15) is 0 Å². The number of likely N-dealkylation sites (tertiary alicyclic amines) is 2. The lowest BCUT2D eigenvalue weighted by molar-refractivity contribution is -0.0103. The molecule has 22 heavy (non-hydrogen) atoms. The highest BCUT2D eigenvalue weighted by molar-refractivity contribution is 4.91. The summed E-state index contributed by atoms with van der Waals surface area (Å²) in [6.45, 7) is 11.4. The summed E-state index contributed by atoms with van der Waals surface area (Å²) in [4.78, 5) is 5.40. The number of hydrogen-bond acceptors (Lipinski definition) is 3. The lowest BCUT2D eigenvalue weighted by atomic mass is 9.71. The maximum Gasteiger partial charge on any atom is 0.0576 e. The molecule has 1 aliphatic carbocycles. The summed E-state index contributed by atoms with van der Waals surface area (Å²) >= 11 is 0. The fraction of sp³-hybridized carbons (Fsp3) is 1.00. The van der Waals surface area contributed by atoms with Crippen LogP contribution in [-0.4, -0.2) is 61.8 Å². The maximum absolute atomic E-state index is 5.39. The van der Waals surface area contributed by atoms with Crippen LogP contribution in [0.1, 0.15) is 58.8 Å². The summed E-state index contributed by atoms with van der Waals surface area (Å²) < 4.78 is 5.39. The van der Waals surface area contributed by atoms with Gasteiger partial charge in [0.1, 0.15) is 0 Å². The summed E-state index contributed by atoms with van der Waals surface area (Å²) in [5, 5.41) is 0. The van der Waals surface area contributed by atoms with Gasteiger partial charge in [0.2, 0.25) is 0 Å². The van der Waals surface area contributed by atoms with E-state index >= 15 is 0 Å². The van der Waals surface area contributed by atoms with Crippen molar-refractivity contribution >= 4 is 0 Å². The molecule has 3 rings (SSSR count). The molecule has 1 saturated carbocycles. The molecule has 128 valence electrons. The van der Waals surface area contributed by atoms with Crippen LogP contribution < -0.4 is 0 Å². The average Bonchev–Trinajstić information content (AvgIpc) is 2.48. The molecule has 3 heteroatoms. The van der Waals surface area contributed by atoms with Gasteiger partial charge in [-0.25, -0.2) is 0 Å². The molecule has 0 amide bonds. The third kappa shape index (κ3) is 3.85. The summed E-state index contributed by atoms with van der Waals surface area (Å²) in [6.07, 6.45) is 10.4. The Morgan fingerprint density at radius 1 is 1.00 bits per heavy atom. The summed E-state index contributed by atoms with van der Waals surface area (Å²) in [5.74, 6) is 0.940. The van der Waals surface area contributed by atoms with Crippen molar-refractivity contribution in [2.24, 2.45) is 11.3 Å². The second kappa shape index (κ2) is 7.19. The van der Waals surface area contributed by atoms with Gasteiger partial charge in [-0.05, 0) is 103 Å². The first kappa shape index (κ1) is 16.7. The summed E-state index contributed by atoms with van der Waals surface area (Å²) in [6, 6.07) is 0.732. The first-order valence-electron chi connectivity index (χ1n) is 9.59. The van der Waals surface area contributed by atoms with Crippen molar-refractivity contribution in [2.75, 3.05) is 39.8 Å².